The van der Waals surface area contributed by atoms with E-state index < -0.39 is 0 Å². The van der Waals surface area contributed by atoms with Crippen LogP contribution in [0.3, 0.4) is 0 Å². The zero-order valence-corrected chi connectivity index (χ0v) is 14.0. The molecule has 0 radical (unpaired) electrons. The molecule has 1 aliphatic rings. The Labute approximate surface area is 131 Å². The van der Waals surface area contributed by atoms with Crippen LogP contribution in [0, 0.1) is 18.8 Å². The molecular weight excluding hydrogens is 284 g/mol. The topological polar surface area (TPSA) is 35.6 Å². The number of rotatable bonds is 4. The Bertz CT molecular complexity index is 628. The highest BCUT2D eigenvalue weighted by atomic mass is 35.5. The molecule has 1 aliphatic carbocycles. The van der Waals surface area contributed by atoms with Crippen molar-refractivity contribution < 1.29 is 0 Å². The summed E-state index contributed by atoms with van der Waals surface area (Å²) in [5.41, 5.74) is 3.21. The first kappa shape index (κ1) is 14.9. The molecule has 0 aromatic carbocycles. The molecule has 1 saturated carbocycles. The molecule has 0 spiro atoms. The molecule has 3 rings (SSSR count). The van der Waals surface area contributed by atoms with E-state index in [1.54, 1.807) is 0 Å². The lowest BCUT2D eigenvalue weighted by Crippen LogP contribution is -2.23. The van der Waals surface area contributed by atoms with Gasteiger partial charge in [0.1, 0.15) is 11.3 Å². The van der Waals surface area contributed by atoms with Gasteiger partial charge in [-0.15, -0.1) is 11.6 Å². The van der Waals surface area contributed by atoms with Crippen LogP contribution in [0.15, 0.2) is 0 Å². The van der Waals surface area contributed by atoms with E-state index in [1.165, 1.54) is 25.7 Å². The smallest absolute Gasteiger partial charge is 0.158 e. The molecule has 0 amide bonds. The van der Waals surface area contributed by atoms with Crippen molar-refractivity contribution in [2.24, 2.45) is 18.9 Å². The van der Waals surface area contributed by atoms with Crippen LogP contribution >= 0.6 is 11.6 Å². The van der Waals surface area contributed by atoms with Crippen molar-refractivity contribution in [2.75, 3.05) is 5.88 Å². The van der Waals surface area contributed by atoms with Crippen molar-refractivity contribution in [1.82, 2.24) is 19.3 Å². The van der Waals surface area contributed by atoms with Crippen LogP contribution in [-0.4, -0.2) is 25.2 Å². The van der Waals surface area contributed by atoms with Crippen molar-refractivity contribution in [3.63, 3.8) is 0 Å². The van der Waals surface area contributed by atoms with Crippen LogP contribution in [0.4, 0.5) is 0 Å². The summed E-state index contributed by atoms with van der Waals surface area (Å²) in [6.45, 7) is 5.49. The second kappa shape index (κ2) is 5.99. The molecule has 0 N–H and O–H groups in total. The molecule has 0 saturated heterocycles. The SMILES string of the molecule is Cc1nn(C)c2c1nc(CCCl)n2CC1CCCCC1C. The molecule has 1 fully saturated rings. The first-order valence-corrected chi connectivity index (χ1v) is 8.60. The van der Waals surface area contributed by atoms with Crippen molar-refractivity contribution in [1.29, 1.82) is 0 Å². The monoisotopic (exact) mass is 308 g/mol. The van der Waals surface area contributed by atoms with E-state index in [0.29, 0.717) is 5.88 Å². The Morgan fingerprint density at radius 3 is 2.76 bits per heavy atom. The van der Waals surface area contributed by atoms with Crippen LogP contribution in [-0.2, 0) is 20.0 Å². The van der Waals surface area contributed by atoms with E-state index in [1.807, 2.05) is 18.7 Å². The molecule has 2 unspecified atom stereocenters. The Morgan fingerprint density at radius 1 is 1.29 bits per heavy atom. The molecule has 2 atom stereocenters. The molecule has 0 aliphatic heterocycles. The van der Waals surface area contributed by atoms with Gasteiger partial charge >= 0.3 is 0 Å². The Balaban J connectivity index is 2.00. The normalized spacial score (nSPS) is 23.0. The van der Waals surface area contributed by atoms with Gasteiger partial charge in [0.05, 0.1) is 5.69 Å². The largest absolute Gasteiger partial charge is 0.313 e. The minimum absolute atomic E-state index is 0.621. The summed E-state index contributed by atoms with van der Waals surface area (Å²) in [5, 5.41) is 4.52. The third-order valence-electron chi connectivity index (χ3n) is 4.99. The minimum Gasteiger partial charge on any atom is -0.313 e. The van der Waals surface area contributed by atoms with E-state index in [-0.39, 0.29) is 0 Å². The first-order valence-electron chi connectivity index (χ1n) is 8.06. The van der Waals surface area contributed by atoms with E-state index in [9.17, 15) is 0 Å². The van der Waals surface area contributed by atoms with Gasteiger partial charge in [0.15, 0.2) is 5.65 Å². The van der Waals surface area contributed by atoms with E-state index >= 15 is 0 Å². The third-order valence-corrected chi connectivity index (χ3v) is 5.18. The summed E-state index contributed by atoms with van der Waals surface area (Å²) >= 11 is 5.98. The van der Waals surface area contributed by atoms with Gasteiger partial charge in [0.25, 0.3) is 0 Å². The van der Waals surface area contributed by atoms with Crippen LogP contribution in [0.5, 0.6) is 0 Å². The molecule has 5 heteroatoms. The maximum Gasteiger partial charge on any atom is 0.158 e. The maximum atomic E-state index is 5.98. The molecular formula is C16H25ClN4. The number of hydrogen-bond acceptors (Lipinski definition) is 2. The Kier molecular flexibility index (Phi) is 4.25. The van der Waals surface area contributed by atoms with Crippen LogP contribution in [0.25, 0.3) is 11.2 Å². The molecule has 21 heavy (non-hydrogen) atoms. The quantitative estimate of drug-likeness (QED) is 0.808. The number of fused-ring (bicyclic) bond motifs is 1. The lowest BCUT2D eigenvalue weighted by Gasteiger charge is -2.29. The number of halogens is 1. The van der Waals surface area contributed by atoms with Gasteiger partial charge in [-0.3, -0.25) is 4.68 Å². The number of alkyl halides is 1. The summed E-state index contributed by atoms with van der Waals surface area (Å²) in [7, 11) is 2.02. The summed E-state index contributed by atoms with van der Waals surface area (Å²) in [4.78, 5) is 4.81. The predicted octanol–water partition coefficient (Wildman–Crippen LogP) is 3.69. The molecule has 2 aromatic rings. The first-order chi connectivity index (χ1) is 10.1. The Hall–Kier alpha value is -1.03. The van der Waals surface area contributed by atoms with Gasteiger partial charge in [0.2, 0.25) is 0 Å². The zero-order valence-electron chi connectivity index (χ0n) is 13.3. The predicted molar refractivity (Wildman–Crippen MR) is 86.8 cm³/mol. The lowest BCUT2D eigenvalue weighted by atomic mass is 9.80. The average Bonchev–Trinajstić information content (AvgIpc) is 2.93. The van der Waals surface area contributed by atoms with Crippen molar-refractivity contribution in [3.8, 4) is 0 Å². The fourth-order valence-electron chi connectivity index (χ4n) is 3.75. The second-order valence-corrected chi connectivity index (χ2v) is 6.86. The summed E-state index contributed by atoms with van der Waals surface area (Å²) in [5.74, 6) is 3.29. The third kappa shape index (κ3) is 2.70. The fraction of sp³-hybridized carbons (Fsp3) is 0.750. The highest BCUT2D eigenvalue weighted by molar-refractivity contribution is 6.17. The second-order valence-electron chi connectivity index (χ2n) is 6.48. The maximum absolute atomic E-state index is 5.98. The van der Waals surface area contributed by atoms with E-state index in [0.717, 1.165) is 47.5 Å². The van der Waals surface area contributed by atoms with Crippen molar-refractivity contribution in [2.45, 2.75) is 52.5 Å². The van der Waals surface area contributed by atoms with Crippen LogP contribution < -0.4 is 0 Å². The van der Waals surface area contributed by atoms with Gasteiger partial charge < -0.3 is 4.57 Å². The van der Waals surface area contributed by atoms with Gasteiger partial charge in [0, 0.05) is 25.9 Å². The van der Waals surface area contributed by atoms with Crippen molar-refractivity contribution in [3.05, 3.63) is 11.5 Å². The fourth-order valence-corrected chi connectivity index (χ4v) is 3.91. The van der Waals surface area contributed by atoms with Crippen LogP contribution in [0.2, 0.25) is 0 Å². The molecule has 116 valence electrons. The Morgan fingerprint density at radius 2 is 2.05 bits per heavy atom. The number of aryl methyl sites for hydroxylation is 3. The standard InChI is InChI=1S/C16H25ClN4/c1-11-6-4-5-7-13(11)10-21-14(8-9-17)18-15-12(2)19-20(3)16(15)21/h11,13H,4-10H2,1-3H3. The number of aromatic nitrogens is 4. The number of imidazole rings is 1. The highest BCUT2D eigenvalue weighted by Crippen LogP contribution is 2.32. The van der Waals surface area contributed by atoms with E-state index in [4.69, 9.17) is 16.6 Å². The number of nitrogens with zero attached hydrogens (tertiary/aromatic N) is 4. The average molecular weight is 309 g/mol. The van der Waals surface area contributed by atoms with Gasteiger partial charge in [-0.2, -0.15) is 5.10 Å². The van der Waals surface area contributed by atoms with Crippen molar-refractivity contribution >= 4 is 22.8 Å². The summed E-state index contributed by atoms with van der Waals surface area (Å²) in [6.07, 6.45) is 6.27. The zero-order chi connectivity index (χ0) is 15.0. The van der Waals surface area contributed by atoms with Gasteiger partial charge in [-0.1, -0.05) is 26.2 Å². The van der Waals surface area contributed by atoms with E-state index in [2.05, 4.69) is 16.6 Å². The van der Waals surface area contributed by atoms with Gasteiger partial charge in [-0.05, 0) is 25.2 Å². The number of hydrogen-bond donors (Lipinski definition) is 0. The summed E-state index contributed by atoms with van der Waals surface area (Å²) in [6, 6.07) is 0. The molecule has 0 bridgehead atoms. The molecule has 2 heterocycles. The van der Waals surface area contributed by atoms with Gasteiger partial charge in [-0.25, -0.2) is 4.98 Å². The lowest BCUT2D eigenvalue weighted by molar-refractivity contribution is 0.228. The minimum atomic E-state index is 0.621. The van der Waals surface area contributed by atoms with Crippen LogP contribution in [0.1, 0.15) is 44.1 Å². The molecule has 4 nitrogen and oxygen atoms in total. The molecule has 2 aromatic heterocycles. The summed E-state index contributed by atoms with van der Waals surface area (Å²) < 4.78 is 4.35. The highest BCUT2D eigenvalue weighted by Gasteiger charge is 2.25.